The van der Waals surface area contributed by atoms with Gasteiger partial charge in [-0.1, -0.05) is 63.4 Å². The number of ether oxygens (including phenoxy) is 1. The van der Waals surface area contributed by atoms with Gasteiger partial charge in [-0.2, -0.15) is 0 Å². The molecule has 1 aliphatic heterocycles. The van der Waals surface area contributed by atoms with E-state index in [1.165, 1.54) is 0 Å². The number of benzene rings is 3. The van der Waals surface area contributed by atoms with Gasteiger partial charge in [0.15, 0.2) is 0 Å². The van der Waals surface area contributed by atoms with Gasteiger partial charge in [0.2, 0.25) is 0 Å². The van der Waals surface area contributed by atoms with Crippen molar-refractivity contribution in [3.63, 3.8) is 0 Å². The first-order valence-corrected chi connectivity index (χ1v) is 11.6. The number of rotatable bonds is 5. The summed E-state index contributed by atoms with van der Waals surface area (Å²) in [6.07, 6.45) is 0. The Morgan fingerprint density at radius 1 is 0.903 bits per heavy atom. The summed E-state index contributed by atoms with van der Waals surface area (Å²) in [7, 11) is 0. The van der Waals surface area contributed by atoms with Crippen LogP contribution in [0.3, 0.4) is 0 Å². The number of nitrogens with one attached hydrogen (secondary N) is 1. The van der Waals surface area contributed by atoms with Crippen molar-refractivity contribution in [3.05, 3.63) is 97.9 Å². The normalized spacial score (nSPS) is 22.7. The average molecular weight is 518 g/mol. The number of aliphatic imine (C=N–C) groups is 1. The van der Waals surface area contributed by atoms with Crippen LogP contribution >= 0.6 is 39.1 Å². The topological polar surface area (TPSA) is 33.6 Å². The molecular weight excluding hydrogens is 495 g/mol. The Morgan fingerprint density at radius 3 is 2.06 bits per heavy atom. The minimum absolute atomic E-state index is 0.530. The first-order valence-electron chi connectivity index (χ1n) is 10.1. The zero-order chi connectivity index (χ0) is 22.2. The fraction of sp³-hybridized carbons (Fsp3) is 0.240. The molecule has 3 aromatic carbocycles. The van der Waals surface area contributed by atoms with Crippen molar-refractivity contribution in [2.45, 2.75) is 31.8 Å². The predicted octanol–water partition coefficient (Wildman–Crippen LogP) is 7.34. The van der Waals surface area contributed by atoms with E-state index in [0.29, 0.717) is 16.7 Å². The molecule has 1 unspecified atom stereocenters. The molecule has 0 fully saturated rings. The Morgan fingerprint density at radius 2 is 1.48 bits per heavy atom. The molecule has 1 heterocycles. The van der Waals surface area contributed by atoms with Crippen molar-refractivity contribution in [2.75, 3.05) is 6.61 Å². The van der Waals surface area contributed by atoms with E-state index >= 15 is 0 Å². The van der Waals surface area contributed by atoms with Crippen molar-refractivity contribution in [2.24, 2.45) is 4.99 Å². The van der Waals surface area contributed by atoms with Crippen LogP contribution in [-0.4, -0.2) is 12.4 Å². The van der Waals surface area contributed by atoms with Crippen LogP contribution in [0.4, 0.5) is 0 Å². The van der Waals surface area contributed by atoms with Gasteiger partial charge in [-0.15, -0.1) is 0 Å². The maximum absolute atomic E-state index is 6.18. The molecule has 0 radical (unpaired) electrons. The van der Waals surface area contributed by atoms with Gasteiger partial charge in [0.05, 0.1) is 17.7 Å². The molecular formula is C25H23BrCl2N2O. The van der Waals surface area contributed by atoms with Crippen molar-refractivity contribution < 1.29 is 4.74 Å². The van der Waals surface area contributed by atoms with Crippen molar-refractivity contribution in [3.8, 4) is 5.75 Å². The molecule has 3 nitrogen and oxygen atoms in total. The summed E-state index contributed by atoms with van der Waals surface area (Å²) in [4.78, 5) is 5.25. The molecule has 3 aromatic rings. The molecule has 31 heavy (non-hydrogen) atoms. The average Bonchev–Trinajstić information content (AvgIpc) is 3.02. The van der Waals surface area contributed by atoms with Gasteiger partial charge < -0.3 is 10.1 Å². The number of nitrogens with zero attached hydrogens (tertiary/aromatic N) is 1. The molecule has 2 atom stereocenters. The van der Waals surface area contributed by atoms with E-state index in [-0.39, 0.29) is 0 Å². The summed E-state index contributed by atoms with van der Waals surface area (Å²) in [5, 5.41) is 5.12. The highest BCUT2D eigenvalue weighted by atomic mass is 79.9. The fourth-order valence-electron chi connectivity index (χ4n) is 4.08. The molecule has 0 aliphatic carbocycles. The van der Waals surface area contributed by atoms with Gasteiger partial charge in [0, 0.05) is 14.5 Å². The summed E-state index contributed by atoms with van der Waals surface area (Å²) in [6, 6.07) is 21.8. The van der Waals surface area contributed by atoms with Gasteiger partial charge in [0.25, 0.3) is 0 Å². The first-order chi connectivity index (χ1) is 14.8. The lowest BCUT2D eigenvalue weighted by Crippen LogP contribution is -2.50. The molecule has 0 saturated heterocycles. The molecule has 0 bridgehead atoms. The molecule has 160 valence electrons. The maximum atomic E-state index is 6.18. The van der Waals surface area contributed by atoms with E-state index in [0.717, 1.165) is 32.7 Å². The molecule has 1 aliphatic rings. The standard InChI is InChI=1S/C25H23BrCl2N2O/c1-4-31-22-15-18(26)9-14-21(22)23-29-24(2,16-5-10-19(27)11-6-16)25(3,30-23)17-7-12-20(28)13-8-17/h5-15H,4H2,1-3H3,(H,29,30)/t24-,25?/m1/s1. The molecule has 0 saturated carbocycles. The van der Waals surface area contributed by atoms with Crippen LogP contribution in [0.1, 0.15) is 37.5 Å². The Balaban J connectivity index is 1.90. The Hall–Kier alpha value is -2.01. The molecule has 1 N–H and O–H groups in total. The lowest BCUT2D eigenvalue weighted by molar-refractivity contribution is 0.268. The van der Waals surface area contributed by atoms with Gasteiger partial charge in [-0.25, -0.2) is 0 Å². The van der Waals surface area contributed by atoms with E-state index in [4.69, 9.17) is 32.9 Å². The van der Waals surface area contributed by atoms with E-state index in [9.17, 15) is 0 Å². The number of amidine groups is 1. The van der Waals surface area contributed by atoms with Crippen LogP contribution in [0.25, 0.3) is 0 Å². The third-order valence-electron chi connectivity index (χ3n) is 6.00. The maximum Gasteiger partial charge on any atom is 0.133 e. The molecule has 0 aromatic heterocycles. The molecule has 6 heteroatoms. The molecule has 0 amide bonds. The lowest BCUT2D eigenvalue weighted by atomic mass is 9.72. The van der Waals surface area contributed by atoms with E-state index in [2.05, 4.69) is 35.1 Å². The van der Waals surface area contributed by atoms with E-state index < -0.39 is 11.1 Å². The number of hydrogen-bond donors (Lipinski definition) is 1. The van der Waals surface area contributed by atoms with Crippen LogP contribution in [0.15, 0.2) is 76.2 Å². The minimum atomic E-state index is -0.600. The van der Waals surface area contributed by atoms with Gasteiger partial charge in [-0.3, -0.25) is 4.99 Å². The first kappa shape index (κ1) is 22.2. The van der Waals surface area contributed by atoms with E-state index in [1.54, 1.807) is 0 Å². The third-order valence-corrected chi connectivity index (χ3v) is 7.00. The van der Waals surface area contributed by atoms with Crippen LogP contribution in [0.5, 0.6) is 5.75 Å². The summed E-state index contributed by atoms with van der Waals surface area (Å²) in [5.41, 5.74) is 1.94. The van der Waals surface area contributed by atoms with Gasteiger partial charge >= 0.3 is 0 Å². The van der Waals surface area contributed by atoms with Crippen molar-refractivity contribution in [1.29, 1.82) is 0 Å². The van der Waals surface area contributed by atoms with Crippen LogP contribution in [0, 0.1) is 0 Å². The van der Waals surface area contributed by atoms with Crippen molar-refractivity contribution in [1.82, 2.24) is 5.32 Å². The van der Waals surface area contributed by atoms with E-state index in [1.807, 2.05) is 73.7 Å². The van der Waals surface area contributed by atoms with Gasteiger partial charge in [0.1, 0.15) is 17.1 Å². The molecule has 0 spiro atoms. The largest absolute Gasteiger partial charge is 0.493 e. The highest BCUT2D eigenvalue weighted by molar-refractivity contribution is 9.10. The summed E-state index contributed by atoms with van der Waals surface area (Å²) in [6.45, 7) is 6.86. The Bertz CT molecular complexity index is 1130. The predicted molar refractivity (Wildman–Crippen MR) is 133 cm³/mol. The lowest BCUT2D eigenvalue weighted by Gasteiger charge is -2.40. The van der Waals surface area contributed by atoms with Crippen LogP contribution < -0.4 is 10.1 Å². The minimum Gasteiger partial charge on any atom is -0.493 e. The second-order valence-electron chi connectivity index (χ2n) is 7.87. The highest BCUT2D eigenvalue weighted by Crippen LogP contribution is 2.48. The van der Waals surface area contributed by atoms with Crippen LogP contribution in [0.2, 0.25) is 10.0 Å². The quantitative estimate of drug-likeness (QED) is 0.384. The number of halogens is 3. The zero-order valence-electron chi connectivity index (χ0n) is 17.5. The summed E-state index contributed by atoms with van der Waals surface area (Å²) >= 11 is 15.9. The molecule has 4 rings (SSSR count). The Kier molecular flexibility index (Phi) is 6.08. The summed E-state index contributed by atoms with van der Waals surface area (Å²) in [5.74, 6) is 1.56. The monoisotopic (exact) mass is 516 g/mol. The highest BCUT2D eigenvalue weighted by Gasteiger charge is 2.52. The smallest absolute Gasteiger partial charge is 0.133 e. The van der Waals surface area contributed by atoms with Crippen LogP contribution in [-0.2, 0) is 11.1 Å². The summed E-state index contributed by atoms with van der Waals surface area (Å²) < 4.78 is 6.88. The zero-order valence-corrected chi connectivity index (χ0v) is 20.6. The fourth-order valence-corrected chi connectivity index (χ4v) is 4.67. The Labute approximate surface area is 201 Å². The second-order valence-corrected chi connectivity index (χ2v) is 9.66. The van der Waals surface area contributed by atoms with Gasteiger partial charge in [-0.05, 0) is 74.4 Å². The SMILES string of the molecule is CCOc1cc(Br)ccc1C1=NC(C)(c2ccc(Cl)cc2)[C@@](C)(c2ccc(Cl)cc2)N1. The second kappa shape index (κ2) is 8.50. The van der Waals surface area contributed by atoms with Crippen molar-refractivity contribution >= 4 is 45.0 Å². The third kappa shape index (κ3) is 3.97. The number of hydrogen-bond acceptors (Lipinski definition) is 3.